The van der Waals surface area contributed by atoms with Gasteiger partial charge in [-0.15, -0.1) is 11.3 Å². The van der Waals surface area contributed by atoms with E-state index in [1.807, 2.05) is 36.0 Å². The van der Waals surface area contributed by atoms with E-state index < -0.39 is 0 Å². The zero-order valence-corrected chi connectivity index (χ0v) is 12.2. The summed E-state index contributed by atoms with van der Waals surface area (Å²) < 4.78 is 0. The smallest absolute Gasteiger partial charge is 0.0959 e. The highest BCUT2D eigenvalue weighted by molar-refractivity contribution is 7.11. The molecule has 1 saturated carbocycles. The van der Waals surface area contributed by atoms with Crippen molar-refractivity contribution in [1.29, 1.82) is 0 Å². The van der Waals surface area contributed by atoms with Gasteiger partial charge in [0, 0.05) is 42.0 Å². The molecule has 2 aromatic rings. The van der Waals surface area contributed by atoms with Crippen molar-refractivity contribution < 1.29 is 0 Å². The minimum atomic E-state index is 0.375. The average molecular weight is 273 g/mol. The van der Waals surface area contributed by atoms with Crippen molar-refractivity contribution in [3.8, 4) is 0 Å². The molecule has 0 radical (unpaired) electrons. The van der Waals surface area contributed by atoms with E-state index in [1.165, 1.54) is 28.3 Å². The van der Waals surface area contributed by atoms with Crippen LogP contribution in [-0.4, -0.2) is 21.9 Å². The van der Waals surface area contributed by atoms with Crippen LogP contribution >= 0.6 is 11.3 Å². The largest absolute Gasteiger partial charge is 0.294 e. The van der Waals surface area contributed by atoms with Crippen molar-refractivity contribution >= 4 is 11.3 Å². The number of aromatic nitrogens is 2. The van der Waals surface area contributed by atoms with Gasteiger partial charge in [-0.1, -0.05) is 6.07 Å². The highest BCUT2D eigenvalue weighted by atomic mass is 32.1. The summed E-state index contributed by atoms with van der Waals surface area (Å²) in [6.45, 7) is 3.18. The van der Waals surface area contributed by atoms with E-state index in [1.54, 1.807) is 0 Å². The number of hydrogen-bond acceptors (Lipinski definition) is 4. The zero-order chi connectivity index (χ0) is 13.2. The summed E-state index contributed by atoms with van der Waals surface area (Å²) in [4.78, 5) is 12.4. The van der Waals surface area contributed by atoms with E-state index >= 15 is 0 Å². The van der Waals surface area contributed by atoms with Gasteiger partial charge in [-0.25, -0.2) is 4.98 Å². The molecule has 100 valence electrons. The fourth-order valence-electron chi connectivity index (χ4n) is 2.18. The molecule has 19 heavy (non-hydrogen) atoms. The van der Waals surface area contributed by atoms with Gasteiger partial charge in [-0.3, -0.25) is 9.88 Å². The number of thiazole rings is 1. The summed E-state index contributed by atoms with van der Waals surface area (Å²) in [6, 6.07) is 4.51. The predicted octanol–water partition coefficient (Wildman–Crippen LogP) is 3.61. The Labute approximate surface area is 118 Å². The molecular formula is C15H19N3S. The van der Waals surface area contributed by atoms with Gasteiger partial charge in [0.1, 0.15) is 0 Å². The van der Waals surface area contributed by atoms with Crippen LogP contribution < -0.4 is 0 Å². The molecule has 0 spiro atoms. The summed E-state index contributed by atoms with van der Waals surface area (Å²) >= 11 is 1.88. The van der Waals surface area contributed by atoms with Gasteiger partial charge in [0.2, 0.25) is 0 Å². The Kier molecular flexibility index (Phi) is 3.62. The summed E-state index contributed by atoms with van der Waals surface area (Å²) in [5.41, 5.74) is 1.26. The predicted molar refractivity (Wildman–Crippen MR) is 78.2 cm³/mol. The monoisotopic (exact) mass is 273 g/mol. The zero-order valence-electron chi connectivity index (χ0n) is 11.4. The standard InChI is InChI=1S/C15H19N3S/c1-11(13-4-3-7-16-8-13)18(2)10-14-9-17-15(19-14)12-5-6-12/h3-4,7-9,11-12H,5-6,10H2,1-2H3/t11-/m1/s1. The first kappa shape index (κ1) is 12.8. The Morgan fingerprint density at radius 3 is 2.95 bits per heavy atom. The Hall–Kier alpha value is -1.26. The van der Waals surface area contributed by atoms with Crippen molar-refractivity contribution in [3.05, 3.63) is 46.2 Å². The molecule has 1 atom stereocenters. The van der Waals surface area contributed by atoms with Crippen LogP contribution in [0.2, 0.25) is 0 Å². The summed E-state index contributed by atoms with van der Waals surface area (Å²) in [5.74, 6) is 0.764. The van der Waals surface area contributed by atoms with Crippen molar-refractivity contribution in [2.45, 2.75) is 38.3 Å². The van der Waals surface area contributed by atoms with Crippen molar-refractivity contribution in [1.82, 2.24) is 14.9 Å². The van der Waals surface area contributed by atoms with Crippen molar-refractivity contribution in [2.75, 3.05) is 7.05 Å². The van der Waals surface area contributed by atoms with Gasteiger partial charge in [-0.05, 0) is 38.4 Å². The van der Waals surface area contributed by atoms with Gasteiger partial charge in [0.05, 0.1) is 5.01 Å². The molecule has 1 aliphatic rings. The van der Waals surface area contributed by atoms with Gasteiger partial charge in [0.15, 0.2) is 0 Å². The molecule has 4 heteroatoms. The fraction of sp³-hybridized carbons (Fsp3) is 0.467. The second-order valence-electron chi connectivity index (χ2n) is 5.32. The molecule has 0 aromatic carbocycles. The molecule has 0 bridgehead atoms. The van der Waals surface area contributed by atoms with Crippen LogP contribution in [0.5, 0.6) is 0 Å². The van der Waals surface area contributed by atoms with E-state index in [-0.39, 0.29) is 0 Å². The second-order valence-corrected chi connectivity index (χ2v) is 6.46. The first-order chi connectivity index (χ1) is 9.24. The van der Waals surface area contributed by atoms with Gasteiger partial charge < -0.3 is 0 Å². The van der Waals surface area contributed by atoms with E-state index in [0.717, 1.165) is 12.5 Å². The lowest BCUT2D eigenvalue weighted by Crippen LogP contribution is -2.21. The first-order valence-corrected chi connectivity index (χ1v) is 7.60. The summed E-state index contributed by atoms with van der Waals surface area (Å²) in [6.07, 6.45) is 8.47. The Morgan fingerprint density at radius 1 is 1.42 bits per heavy atom. The van der Waals surface area contributed by atoms with Crippen molar-refractivity contribution in [2.24, 2.45) is 0 Å². The number of pyridine rings is 1. The number of rotatable bonds is 5. The topological polar surface area (TPSA) is 29.0 Å². The quantitative estimate of drug-likeness (QED) is 0.833. The molecule has 2 heterocycles. The van der Waals surface area contributed by atoms with Gasteiger partial charge >= 0.3 is 0 Å². The lowest BCUT2D eigenvalue weighted by Gasteiger charge is -2.23. The maximum Gasteiger partial charge on any atom is 0.0959 e. The van der Waals surface area contributed by atoms with Gasteiger partial charge in [0.25, 0.3) is 0 Å². The Bertz CT molecular complexity index is 533. The van der Waals surface area contributed by atoms with Crippen LogP contribution in [-0.2, 0) is 6.54 Å². The lowest BCUT2D eigenvalue weighted by atomic mass is 10.1. The van der Waals surface area contributed by atoms with E-state index in [0.29, 0.717) is 6.04 Å². The van der Waals surface area contributed by atoms with E-state index in [4.69, 9.17) is 0 Å². The minimum Gasteiger partial charge on any atom is -0.294 e. The van der Waals surface area contributed by atoms with Crippen LogP contribution in [0.4, 0.5) is 0 Å². The summed E-state index contributed by atoms with van der Waals surface area (Å²) in [5, 5.41) is 1.33. The normalized spacial score (nSPS) is 16.8. The first-order valence-electron chi connectivity index (χ1n) is 6.79. The van der Waals surface area contributed by atoms with Crippen LogP contribution in [0.1, 0.15) is 47.2 Å². The average Bonchev–Trinajstić information content (AvgIpc) is 3.20. The minimum absolute atomic E-state index is 0.375. The fourth-order valence-corrected chi connectivity index (χ4v) is 3.33. The van der Waals surface area contributed by atoms with Crippen molar-refractivity contribution in [3.63, 3.8) is 0 Å². The molecule has 0 N–H and O–H groups in total. The highest BCUT2D eigenvalue weighted by Crippen LogP contribution is 2.42. The molecule has 0 aliphatic heterocycles. The molecule has 0 amide bonds. The Balaban J connectivity index is 1.64. The maximum absolute atomic E-state index is 4.54. The van der Waals surface area contributed by atoms with Crippen LogP contribution in [0.15, 0.2) is 30.7 Å². The highest BCUT2D eigenvalue weighted by Gasteiger charge is 2.26. The van der Waals surface area contributed by atoms with E-state index in [9.17, 15) is 0 Å². The Morgan fingerprint density at radius 2 is 2.26 bits per heavy atom. The molecule has 2 aromatic heterocycles. The second kappa shape index (κ2) is 5.39. The SMILES string of the molecule is C[C@H](c1cccnc1)N(C)Cc1cnc(C2CC2)s1. The van der Waals surface area contributed by atoms with Gasteiger partial charge in [-0.2, -0.15) is 0 Å². The lowest BCUT2D eigenvalue weighted by molar-refractivity contribution is 0.255. The van der Waals surface area contributed by atoms with Crippen LogP contribution in [0.25, 0.3) is 0 Å². The maximum atomic E-state index is 4.54. The third kappa shape index (κ3) is 3.01. The molecule has 1 fully saturated rings. The molecule has 0 unspecified atom stereocenters. The molecule has 0 saturated heterocycles. The molecular weight excluding hydrogens is 254 g/mol. The summed E-state index contributed by atoms with van der Waals surface area (Å²) in [7, 11) is 2.16. The molecule has 1 aliphatic carbocycles. The molecule has 3 rings (SSSR count). The number of hydrogen-bond donors (Lipinski definition) is 0. The van der Waals surface area contributed by atoms with Crippen LogP contribution in [0.3, 0.4) is 0 Å². The third-order valence-electron chi connectivity index (χ3n) is 3.73. The van der Waals surface area contributed by atoms with E-state index in [2.05, 4.69) is 34.9 Å². The third-order valence-corrected chi connectivity index (χ3v) is 4.88. The molecule has 3 nitrogen and oxygen atoms in total. The number of nitrogens with zero attached hydrogens (tertiary/aromatic N) is 3. The van der Waals surface area contributed by atoms with Crippen LogP contribution in [0, 0.1) is 0 Å².